The molecule has 0 heterocycles. The third-order valence-corrected chi connectivity index (χ3v) is 1.46. The molecule has 0 saturated carbocycles. The minimum Gasteiger partial charge on any atom is -0.356 e. The summed E-state index contributed by atoms with van der Waals surface area (Å²) in [7, 11) is 0. The fourth-order valence-electron chi connectivity index (χ4n) is 0.878. The highest BCUT2D eigenvalue weighted by atomic mass is 16.1. The lowest BCUT2D eigenvalue weighted by atomic mass is 10.2. The van der Waals surface area contributed by atoms with Crippen molar-refractivity contribution in [3.05, 3.63) is 0 Å². The van der Waals surface area contributed by atoms with Crippen molar-refractivity contribution >= 4 is 5.91 Å². The average molecular weight is 172 g/mol. The number of nitrogens with one attached hydrogen (secondary N) is 2. The van der Waals surface area contributed by atoms with Crippen molar-refractivity contribution in [2.75, 3.05) is 19.6 Å². The van der Waals surface area contributed by atoms with Crippen molar-refractivity contribution in [2.45, 2.75) is 27.2 Å². The van der Waals surface area contributed by atoms with Gasteiger partial charge in [0.15, 0.2) is 0 Å². The zero-order valence-corrected chi connectivity index (χ0v) is 8.31. The van der Waals surface area contributed by atoms with Crippen LogP contribution in [0.3, 0.4) is 0 Å². The second kappa shape index (κ2) is 7.10. The van der Waals surface area contributed by atoms with Crippen LogP contribution in [-0.2, 0) is 4.79 Å². The van der Waals surface area contributed by atoms with Crippen LogP contribution in [0.1, 0.15) is 27.2 Å². The molecule has 0 aliphatic heterocycles. The minimum atomic E-state index is 0.133. The number of rotatable bonds is 6. The normalized spacial score (nSPS) is 10.3. The molecule has 0 saturated heterocycles. The van der Waals surface area contributed by atoms with Crippen LogP contribution < -0.4 is 10.6 Å². The Kier molecular flexibility index (Phi) is 6.76. The summed E-state index contributed by atoms with van der Waals surface area (Å²) in [5, 5.41) is 5.97. The Bertz CT molecular complexity index is 124. The molecule has 0 aromatic heterocycles. The topological polar surface area (TPSA) is 41.1 Å². The zero-order valence-electron chi connectivity index (χ0n) is 8.31. The highest BCUT2D eigenvalue weighted by molar-refractivity contribution is 5.75. The minimum absolute atomic E-state index is 0.133. The molecule has 3 nitrogen and oxygen atoms in total. The lowest BCUT2D eigenvalue weighted by molar-refractivity contribution is -0.120. The van der Waals surface area contributed by atoms with E-state index in [0.29, 0.717) is 12.3 Å². The Morgan fingerprint density at radius 2 is 2.08 bits per heavy atom. The van der Waals surface area contributed by atoms with Gasteiger partial charge in [0.25, 0.3) is 0 Å². The second-order valence-electron chi connectivity index (χ2n) is 3.30. The summed E-state index contributed by atoms with van der Waals surface area (Å²) in [6.45, 7) is 8.73. The fraction of sp³-hybridized carbons (Fsp3) is 0.889. The van der Waals surface area contributed by atoms with Gasteiger partial charge in [0.1, 0.15) is 0 Å². The summed E-state index contributed by atoms with van der Waals surface area (Å²) in [5.41, 5.74) is 0. The number of amides is 1. The van der Waals surface area contributed by atoms with Gasteiger partial charge >= 0.3 is 0 Å². The quantitative estimate of drug-likeness (QED) is 0.581. The molecule has 12 heavy (non-hydrogen) atoms. The molecule has 72 valence electrons. The molecule has 0 aromatic carbocycles. The van der Waals surface area contributed by atoms with E-state index >= 15 is 0 Å². The molecule has 0 aromatic rings. The van der Waals surface area contributed by atoms with Crippen molar-refractivity contribution < 1.29 is 4.79 Å². The Morgan fingerprint density at radius 3 is 2.58 bits per heavy atom. The van der Waals surface area contributed by atoms with E-state index in [4.69, 9.17) is 0 Å². The van der Waals surface area contributed by atoms with Gasteiger partial charge in [-0.3, -0.25) is 4.79 Å². The lowest BCUT2D eigenvalue weighted by Crippen LogP contribution is -2.28. The summed E-state index contributed by atoms with van der Waals surface area (Å²) < 4.78 is 0. The van der Waals surface area contributed by atoms with Crippen molar-refractivity contribution in [1.82, 2.24) is 10.6 Å². The van der Waals surface area contributed by atoms with Crippen LogP contribution in [0, 0.1) is 5.92 Å². The van der Waals surface area contributed by atoms with Crippen LogP contribution >= 0.6 is 0 Å². The second-order valence-corrected chi connectivity index (χ2v) is 3.30. The van der Waals surface area contributed by atoms with Crippen molar-refractivity contribution in [3.8, 4) is 0 Å². The van der Waals surface area contributed by atoms with Crippen molar-refractivity contribution in [2.24, 2.45) is 5.92 Å². The molecule has 0 aliphatic carbocycles. The zero-order chi connectivity index (χ0) is 9.40. The summed E-state index contributed by atoms with van der Waals surface area (Å²) in [6, 6.07) is 0. The summed E-state index contributed by atoms with van der Waals surface area (Å²) in [5.74, 6) is 0.785. The van der Waals surface area contributed by atoms with E-state index in [2.05, 4.69) is 24.5 Å². The molecule has 0 fully saturated rings. The standard InChI is InChI=1S/C9H20N2O/c1-4-11-9(12)5-6-10-7-8(2)3/h8,10H,4-7H2,1-3H3,(H,11,12). The smallest absolute Gasteiger partial charge is 0.221 e. The Morgan fingerprint density at radius 1 is 1.42 bits per heavy atom. The van der Waals surface area contributed by atoms with Gasteiger partial charge in [0.2, 0.25) is 5.91 Å². The van der Waals surface area contributed by atoms with Gasteiger partial charge in [-0.25, -0.2) is 0 Å². The van der Waals surface area contributed by atoms with E-state index in [9.17, 15) is 4.79 Å². The Labute approximate surface area is 74.9 Å². The summed E-state index contributed by atoms with van der Waals surface area (Å²) in [4.78, 5) is 10.9. The first-order valence-electron chi connectivity index (χ1n) is 4.64. The van der Waals surface area contributed by atoms with E-state index in [1.165, 1.54) is 0 Å². The molecule has 1 amide bonds. The van der Waals surface area contributed by atoms with Gasteiger partial charge in [-0.05, 0) is 19.4 Å². The predicted molar refractivity (Wildman–Crippen MR) is 51.0 cm³/mol. The first-order valence-corrected chi connectivity index (χ1v) is 4.64. The molecule has 0 aliphatic rings. The summed E-state index contributed by atoms with van der Waals surface area (Å²) in [6.07, 6.45) is 0.584. The maximum Gasteiger partial charge on any atom is 0.221 e. The van der Waals surface area contributed by atoms with Crippen molar-refractivity contribution in [3.63, 3.8) is 0 Å². The molecule has 0 unspecified atom stereocenters. The number of carbonyl (C=O) groups is 1. The van der Waals surface area contributed by atoms with Crippen LogP contribution in [0.2, 0.25) is 0 Å². The van der Waals surface area contributed by atoms with E-state index < -0.39 is 0 Å². The van der Waals surface area contributed by atoms with E-state index in [1.54, 1.807) is 0 Å². The number of carbonyl (C=O) groups excluding carboxylic acids is 1. The van der Waals surface area contributed by atoms with Gasteiger partial charge in [-0.1, -0.05) is 13.8 Å². The van der Waals surface area contributed by atoms with Crippen LogP contribution in [0.15, 0.2) is 0 Å². The van der Waals surface area contributed by atoms with Gasteiger partial charge in [0.05, 0.1) is 0 Å². The van der Waals surface area contributed by atoms with E-state index in [-0.39, 0.29) is 5.91 Å². The average Bonchev–Trinajstić information content (AvgIpc) is 1.98. The van der Waals surface area contributed by atoms with Gasteiger partial charge in [0, 0.05) is 19.5 Å². The van der Waals surface area contributed by atoms with Crippen LogP contribution in [0.4, 0.5) is 0 Å². The van der Waals surface area contributed by atoms with Crippen LogP contribution in [-0.4, -0.2) is 25.5 Å². The van der Waals surface area contributed by atoms with E-state index in [1.807, 2.05) is 6.92 Å². The Balaban J connectivity index is 3.14. The van der Waals surface area contributed by atoms with Crippen molar-refractivity contribution in [1.29, 1.82) is 0 Å². The molecule has 0 radical (unpaired) electrons. The maximum atomic E-state index is 10.9. The largest absolute Gasteiger partial charge is 0.356 e. The highest BCUT2D eigenvalue weighted by Gasteiger charge is 1.98. The monoisotopic (exact) mass is 172 g/mol. The fourth-order valence-corrected chi connectivity index (χ4v) is 0.878. The van der Waals surface area contributed by atoms with Crippen LogP contribution in [0.5, 0.6) is 0 Å². The summed E-state index contributed by atoms with van der Waals surface area (Å²) >= 11 is 0. The van der Waals surface area contributed by atoms with Gasteiger partial charge in [-0.15, -0.1) is 0 Å². The number of hydrogen-bond donors (Lipinski definition) is 2. The highest BCUT2D eigenvalue weighted by Crippen LogP contribution is 1.86. The Hall–Kier alpha value is -0.570. The van der Waals surface area contributed by atoms with Gasteiger partial charge in [-0.2, -0.15) is 0 Å². The van der Waals surface area contributed by atoms with Crippen LogP contribution in [0.25, 0.3) is 0 Å². The SMILES string of the molecule is CCNC(=O)CCNCC(C)C. The van der Waals surface area contributed by atoms with E-state index in [0.717, 1.165) is 19.6 Å². The third kappa shape index (κ3) is 7.54. The maximum absolute atomic E-state index is 10.9. The third-order valence-electron chi connectivity index (χ3n) is 1.46. The molecule has 0 bridgehead atoms. The predicted octanol–water partition coefficient (Wildman–Crippen LogP) is 0.758. The first-order chi connectivity index (χ1) is 5.66. The molecule has 0 spiro atoms. The lowest BCUT2D eigenvalue weighted by Gasteiger charge is -2.06. The molecule has 0 atom stereocenters. The number of hydrogen-bond acceptors (Lipinski definition) is 2. The molecular formula is C9H20N2O. The molecule has 2 N–H and O–H groups in total. The van der Waals surface area contributed by atoms with Gasteiger partial charge < -0.3 is 10.6 Å². The molecular weight excluding hydrogens is 152 g/mol. The first kappa shape index (κ1) is 11.4. The molecule has 0 rings (SSSR count). The molecule has 3 heteroatoms.